The molecule has 0 aromatic rings. The van der Waals surface area contributed by atoms with E-state index in [1.807, 2.05) is 0 Å². The third-order valence-electron chi connectivity index (χ3n) is 9.36. The minimum atomic E-state index is -0.754. The number of esters is 3. The Morgan fingerprint density at radius 3 is 0.833 bits per heavy atom. The van der Waals surface area contributed by atoms with Gasteiger partial charge in [-0.1, -0.05) is 194 Å². The third-order valence-corrected chi connectivity index (χ3v) is 9.36. The summed E-state index contributed by atoms with van der Waals surface area (Å²) in [6, 6.07) is 0. The van der Waals surface area contributed by atoms with E-state index in [-0.39, 0.29) is 31.1 Å². The van der Waals surface area contributed by atoms with Crippen LogP contribution in [0.3, 0.4) is 0 Å². The maximum absolute atomic E-state index is 12.5. The molecule has 284 valence electrons. The molecule has 0 saturated heterocycles. The van der Waals surface area contributed by atoms with E-state index in [1.165, 1.54) is 128 Å². The second-order valence-electron chi connectivity index (χ2n) is 14.3. The monoisotopic (exact) mass is 681 g/mol. The Morgan fingerprint density at radius 1 is 0.333 bits per heavy atom. The van der Waals surface area contributed by atoms with Crippen molar-refractivity contribution in [1.29, 1.82) is 0 Å². The summed E-state index contributed by atoms with van der Waals surface area (Å²) in [4.78, 5) is 37.2. The fraction of sp³-hybridized carbons (Fsp3) is 0.929. The van der Waals surface area contributed by atoms with Gasteiger partial charge in [0.25, 0.3) is 0 Å². The van der Waals surface area contributed by atoms with Crippen molar-refractivity contribution >= 4 is 17.9 Å². The van der Waals surface area contributed by atoms with E-state index in [2.05, 4.69) is 20.8 Å². The summed E-state index contributed by atoms with van der Waals surface area (Å²) in [6.07, 6.45) is 37.0. The van der Waals surface area contributed by atoms with Crippen molar-refractivity contribution in [3.63, 3.8) is 0 Å². The molecule has 0 aromatic heterocycles. The van der Waals surface area contributed by atoms with Crippen molar-refractivity contribution in [2.24, 2.45) is 0 Å². The minimum Gasteiger partial charge on any atom is -0.462 e. The van der Waals surface area contributed by atoms with E-state index < -0.39 is 6.10 Å². The molecule has 0 amide bonds. The van der Waals surface area contributed by atoms with Crippen LogP contribution in [0.15, 0.2) is 0 Å². The molecule has 0 rings (SSSR count). The van der Waals surface area contributed by atoms with Gasteiger partial charge < -0.3 is 14.2 Å². The smallest absolute Gasteiger partial charge is 0.306 e. The van der Waals surface area contributed by atoms with Crippen LogP contribution in [0.4, 0.5) is 0 Å². The highest BCUT2D eigenvalue weighted by molar-refractivity contribution is 5.71. The summed E-state index contributed by atoms with van der Waals surface area (Å²) in [5, 5.41) is 0. The Morgan fingerprint density at radius 2 is 0.562 bits per heavy atom. The normalized spacial score (nSPS) is 11.8. The maximum atomic E-state index is 12.5. The molecule has 6 heteroatoms. The Bertz CT molecular complexity index is 708. The number of ether oxygens (including phenoxy) is 3. The first-order valence-electron chi connectivity index (χ1n) is 21.0. The summed E-state index contributed by atoms with van der Waals surface area (Å²) in [5.74, 6) is -0.879. The zero-order valence-electron chi connectivity index (χ0n) is 32.3. The van der Waals surface area contributed by atoms with Crippen LogP contribution in [0.2, 0.25) is 0 Å². The van der Waals surface area contributed by atoms with Gasteiger partial charge in [0.15, 0.2) is 6.10 Å². The van der Waals surface area contributed by atoms with Crippen molar-refractivity contribution in [1.82, 2.24) is 0 Å². The van der Waals surface area contributed by atoms with Gasteiger partial charge in [-0.3, -0.25) is 14.4 Å². The van der Waals surface area contributed by atoms with Crippen molar-refractivity contribution in [3.8, 4) is 0 Å². The summed E-state index contributed by atoms with van der Waals surface area (Å²) in [6.45, 7) is 6.52. The molecule has 0 unspecified atom stereocenters. The van der Waals surface area contributed by atoms with Gasteiger partial charge in [0.05, 0.1) is 0 Å². The van der Waals surface area contributed by atoms with Crippen LogP contribution < -0.4 is 0 Å². The molecular weight excluding hydrogens is 600 g/mol. The Labute approximate surface area is 298 Å². The largest absolute Gasteiger partial charge is 0.462 e. The summed E-state index contributed by atoms with van der Waals surface area (Å²) < 4.78 is 16.5. The van der Waals surface area contributed by atoms with E-state index in [4.69, 9.17) is 14.2 Å². The van der Waals surface area contributed by atoms with Crippen LogP contribution in [0.5, 0.6) is 0 Å². The van der Waals surface area contributed by atoms with Crippen LogP contribution in [0, 0.1) is 0 Å². The molecule has 0 aliphatic carbocycles. The second kappa shape index (κ2) is 38.2. The van der Waals surface area contributed by atoms with E-state index in [1.54, 1.807) is 0 Å². The Kier molecular flexibility index (Phi) is 36.9. The summed E-state index contributed by atoms with van der Waals surface area (Å²) >= 11 is 0. The molecule has 0 fully saturated rings. The number of hydrogen-bond acceptors (Lipinski definition) is 6. The van der Waals surface area contributed by atoms with Gasteiger partial charge in [0.1, 0.15) is 13.2 Å². The predicted octanol–water partition coefficient (Wildman–Crippen LogP) is 12.9. The Hall–Kier alpha value is -1.59. The Balaban J connectivity index is 4.06. The van der Waals surface area contributed by atoms with Crippen molar-refractivity contribution in [3.05, 3.63) is 0 Å². The van der Waals surface area contributed by atoms with Gasteiger partial charge in [-0.25, -0.2) is 0 Å². The molecule has 0 saturated carbocycles. The highest BCUT2D eigenvalue weighted by Gasteiger charge is 2.19. The maximum Gasteiger partial charge on any atom is 0.306 e. The first-order valence-corrected chi connectivity index (χ1v) is 21.0. The quantitative estimate of drug-likeness (QED) is 0.0367. The standard InChI is InChI=1S/C42H80O6/c1-4-7-10-13-15-16-17-18-19-20-21-22-23-24-25-27-29-32-35-41(44)47-38-39(37-46-40(43)34-31-28-12-9-6-3)48-42(45)36-33-30-26-14-11-8-5-2/h39H,4-38H2,1-3H3/t39-/m1/s1. The number of hydrogen-bond donors (Lipinski definition) is 0. The van der Waals surface area contributed by atoms with Gasteiger partial charge >= 0.3 is 17.9 Å². The lowest BCUT2D eigenvalue weighted by Gasteiger charge is -2.18. The lowest BCUT2D eigenvalue weighted by Crippen LogP contribution is -2.30. The molecule has 0 spiro atoms. The fourth-order valence-corrected chi connectivity index (χ4v) is 6.15. The van der Waals surface area contributed by atoms with Crippen LogP contribution in [0.1, 0.15) is 233 Å². The van der Waals surface area contributed by atoms with Gasteiger partial charge in [0, 0.05) is 19.3 Å². The molecule has 0 radical (unpaired) electrons. The first-order chi connectivity index (χ1) is 23.5. The van der Waals surface area contributed by atoms with Gasteiger partial charge in [-0.15, -0.1) is 0 Å². The highest BCUT2D eigenvalue weighted by atomic mass is 16.6. The van der Waals surface area contributed by atoms with E-state index in [9.17, 15) is 14.4 Å². The molecule has 1 atom stereocenters. The van der Waals surface area contributed by atoms with Gasteiger partial charge in [-0.05, 0) is 19.3 Å². The molecule has 0 heterocycles. The molecule has 0 aliphatic heterocycles. The van der Waals surface area contributed by atoms with E-state index in [0.29, 0.717) is 19.3 Å². The van der Waals surface area contributed by atoms with Gasteiger partial charge in [0.2, 0.25) is 0 Å². The molecule has 0 bridgehead atoms. The molecule has 0 N–H and O–H groups in total. The van der Waals surface area contributed by atoms with Crippen molar-refractivity contribution in [2.75, 3.05) is 13.2 Å². The lowest BCUT2D eigenvalue weighted by atomic mass is 10.0. The number of carbonyl (C=O) groups is 3. The van der Waals surface area contributed by atoms with E-state index >= 15 is 0 Å². The topological polar surface area (TPSA) is 78.9 Å². The molecule has 0 aromatic carbocycles. The van der Waals surface area contributed by atoms with Crippen LogP contribution in [0.25, 0.3) is 0 Å². The zero-order valence-corrected chi connectivity index (χ0v) is 32.3. The number of carbonyl (C=O) groups excluding carboxylic acids is 3. The van der Waals surface area contributed by atoms with Crippen LogP contribution in [-0.4, -0.2) is 37.2 Å². The summed E-state index contributed by atoms with van der Waals surface area (Å²) in [5.41, 5.74) is 0. The first kappa shape index (κ1) is 46.4. The lowest BCUT2D eigenvalue weighted by molar-refractivity contribution is -0.167. The average molecular weight is 681 g/mol. The second-order valence-corrected chi connectivity index (χ2v) is 14.3. The minimum absolute atomic E-state index is 0.0651. The van der Waals surface area contributed by atoms with Crippen molar-refractivity contribution < 1.29 is 28.6 Å². The van der Waals surface area contributed by atoms with Gasteiger partial charge in [-0.2, -0.15) is 0 Å². The SMILES string of the molecule is CCCCCCCCCCCCCCCCCCCCC(=O)OC[C@@H](COC(=O)CCCCCCC)OC(=O)CCCCCCCCC. The van der Waals surface area contributed by atoms with E-state index in [0.717, 1.165) is 64.2 Å². The van der Waals surface area contributed by atoms with Crippen LogP contribution in [-0.2, 0) is 28.6 Å². The zero-order chi connectivity index (χ0) is 35.2. The highest BCUT2D eigenvalue weighted by Crippen LogP contribution is 2.15. The molecule has 0 aliphatic rings. The number of unbranched alkanes of at least 4 members (excludes halogenated alkanes) is 27. The molecule has 6 nitrogen and oxygen atoms in total. The van der Waals surface area contributed by atoms with Crippen molar-refractivity contribution in [2.45, 2.75) is 239 Å². The fourth-order valence-electron chi connectivity index (χ4n) is 6.15. The summed E-state index contributed by atoms with van der Waals surface area (Å²) in [7, 11) is 0. The predicted molar refractivity (Wildman–Crippen MR) is 201 cm³/mol. The average Bonchev–Trinajstić information content (AvgIpc) is 3.08. The molecular formula is C42H80O6. The number of rotatable bonds is 38. The third kappa shape index (κ3) is 35.7. The molecule has 48 heavy (non-hydrogen) atoms. The van der Waals surface area contributed by atoms with Crippen LogP contribution >= 0.6 is 0 Å².